The standard InChI is InChI=1S/C26H25N3O4/c1-32-18-6-4-5-17(13-18)29-15-26-11-9-21(33-26)22(23(26)25(29)31)24(30)27-12-10-16-14-28-20-8-3-2-7-19(16)20/h2-9,11,13-14,21-23,28H,10,12,15H2,1H3,(H,27,30)/t21-,22?,23?,26+/m1/s1. The number of hydrogen-bond donors (Lipinski definition) is 2. The number of H-pyrrole nitrogens is 1. The Kier molecular flexibility index (Phi) is 4.55. The van der Waals surface area contributed by atoms with Crippen molar-refractivity contribution in [1.29, 1.82) is 0 Å². The monoisotopic (exact) mass is 443 g/mol. The largest absolute Gasteiger partial charge is 0.497 e. The van der Waals surface area contributed by atoms with Crippen LogP contribution in [0.15, 0.2) is 66.9 Å². The highest BCUT2D eigenvalue weighted by Gasteiger charge is 2.67. The number of anilines is 1. The van der Waals surface area contributed by atoms with Crippen LogP contribution in [0.2, 0.25) is 0 Å². The lowest BCUT2D eigenvalue weighted by atomic mass is 9.77. The van der Waals surface area contributed by atoms with Crippen LogP contribution in [0.3, 0.4) is 0 Å². The van der Waals surface area contributed by atoms with E-state index < -0.39 is 17.4 Å². The molecule has 33 heavy (non-hydrogen) atoms. The number of carbonyl (C=O) groups is 2. The van der Waals surface area contributed by atoms with Crippen LogP contribution >= 0.6 is 0 Å². The Morgan fingerprint density at radius 1 is 1.27 bits per heavy atom. The number of methoxy groups -OCH3 is 1. The number of ether oxygens (including phenoxy) is 2. The summed E-state index contributed by atoms with van der Waals surface area (Å²) >= 11 is 0. The van der Waals surface area contributed by atoms with Crippen LogP contribution in [0.4, 0.5) is 5.69 Å². The van der Waals surface area contributed by atoms with E-state index in [-0.39, 0.29) is 17.9 Å². The fourth-order valence-corrected chi connectivity index (χ4v) is 5.57. The lowest BCUT2D eigenvalue weighted by Crippen LogP contribution is -2.44. The van der Waals surface area contributed by atoms with Gasteiger partial charge in [-0.1, -0.05) is 36.4 Å². The summed E-state index contributed by atoms with van der Waals surface area (Å²) in [7, 11) is 1.60. The second-order valence-electron chi connectivity index (χ2n) is 8.93. The number of hydrogen-bond acceptors (Lipinski definition) is 4. The van der Waals surface area contributed by atoms with Crippen molar-refractivity contribution in [2.45, 2.75) is 18.1 Å². The van der Waals surface area contributed by atoms with Crippen LogP contribution in [0.1, 0.15) is 5.56 Å². The van der Waals surface area contributed by atoms with Gasteiger partial charge < -0.3 is 24.7 Å². The number of aromatic nitrogens is 1. The van der Waals surface area contributed by atoms with Gasteiger partial charge in [-0.3, -0.25) is 9.59 Å². The van der Waals surface area contributed by atoms with Crippen molar-refractivity contribution in [2.75, 3.05) is 25.1 Å². The van der Waals surface area contributed by atoms with Crippen LogP contribution in [-0.2, 0) is 20.7 Å². The van der Waals surface area contributed by atoms with E-state index in [0.29, 0.717) is 25.3 Å². The molecule has 7 nitrogen and oxygen atoms in total. The maximum absolute atomic E-state index is 13.5. The van der Waals surface area contributed by atoms with Gasteiger partial charge in [0, 0.05) is 35.4 Å². The van der Waals surface area contributed by atoms with E-state index in [0.717, 1.165) is 22.2 Å². The highest BCUT2D eigenvalue weighted by Crippen LogP contribution is 2.52. The summed E-state index contributed by atoms with van der Waals surface area (Å²) in [4.78, 5) is 31.7. The van der Waals surface area contributed by atoms with Crippen LogP contribution in [0, 0.1) is 11.8 Å². The summed E-state index contributed by atoms with van der Waals surface area (Å²) < 4.78 is 11.6. The molecule has 2 bridgehead atoms. The predicted molar refractivity (Wildman–Crippen MR) is 124 cm³/mol. The first-order valence-electron chi connectivity index (χ1n) is 11.2. The van der Waals surface area contributed by atoms with Crippen molar-refractivity contribution in [3.63, 3.8) is 0 Å². The molecule has 1 spiro atoms. The predicted octanol–water partition coefficient (Wildman–Crippen LogP) is 2.82. The van der Waals surface area contributed by atoms with E-state index in [2.05, 4.69) is 16.4 Å². The smallest absolute Gasteiger partial charge is 0.234 e. The number of fused-ring (bicyclic) bond motifs is 2. The minimum Gasteiger partial charge on any atom is -0.497 e. The molecule has 3 aromatic rings. The summed E-state index contributed by atoms with van der Waals surface area (Å²) in [5.74, 6) is -0.571. The number of nitrogens with zero attached hydrogens (tertiary/aromatic N) is 1. The Morgan fingerprint density at radius 3 is 3.03 bits per heavy atom. The minimum atomic E-state index is -0.746. The van der Waals surface area contributed by atoms with E-state index in [4.69, 9.17) is 9.47 Å². The summed E-state index contributed by atoms with van der Waals surface area (Å²) in [6, 6.07) is 15.5. The van der Waals surface area contributed by atoms with Gasteiger partial charge in [0.15, 0.2) is 0 Å². The molecule has 2 fully saturated rings. The van der Waals surface area contributed by atoms with Gasteiger partial charge >= 0.3 is 0 Å². The Morgan fingerprint density at radius 2 is 2.15 bits per heavy atom. The molecule has 4 heterocycles. The molecule has 7 heteroatoms. The van der Waals surface area contributed by atoms with Gasteiger partial charge in [-0.25, -0.2) is 0 Å². The van der Waals surface area contributed by atoms with Crippen LogP contribution in [0.25, 0.3) is 10.9 Å². The van der Waals surface area contributed by atoms with E-state index in [1.54, 1.807) is 12.0 Å². The molecule has 6 rings (SSSR count). The first-order chi connectivity index (χ1) is 16.1. The molecule has 4 atom stereocenters. The quantitative estimate of drug-likeness (QED) is 0.574. The number of nitrogens with one attached hydrogen (secondary N) is 2. The van der Waals surface area contributed by atoms with Gasteiger partial charge in [-0.05, 0) is 30.2 Å². The Bertz CT molecular complexity index is 1280. The highest BCUT2D eigenvalue weighted by atomic mass is 16.5. The van der Waals surface area contributed by atoms with Gasteiger partial charge in [0.2, 0.25) is 11.8 Å². The van der Waals surface area contributed by atoms with Crippen LogP contribution < -0.4 is 15.0 Å². The summed E-state index contributed by atoms with van der Waals surface area (Å²) in [5.41, 5.74) is 2.25. The van der Waals surface area contributed by atoms with Crippen LogP contribution in [0.5, 0.6) is 5.75 Å². The third-order valence-electron chi connectivity index (χ3n) is 7.14. The molecule has 3 aliphatic heterocycles. The zero-order chi connectivity index (χ0) is 22.6. The summed E-state index contributed by atoms with van der Waals surface area (Å²) in [6.45, 7) is 0.900. The fraction of sp³-hybridized carbons (Fsp3) is 0.308. The molecule has 2 unspecified atom stereocenters. The number of rotatable bonds is 6. The topological polar surface area (TPSA) is 83.7 Å². The molecule has 2 amide bonds. The Labute approximate surface area is 191 Å². The zero-order valence-electron chi connectivity index (χ0n) is 18.3. The molecule has 2 saturated heterocycles. The molecule has 0 saturated carbocycles. The molecule has 2 aromatic carbocycles. The first kappa shape index (κ1) is 20.1. The number of amides is 2. The highest BCUT2D eigenvalue weighted by molar-refractivity contribution is 6.03. The minimum absolute atomic E-state index is 0.0770. The van der Waals surface area contributed by atoms with E-state index in [1.165, 1.54) is 0 Å². The van der Waals surface area contributed by atoms with Gasteiger partial charge in [0.05, 0.1) is 31.6 Å². The second-order valence-corrected chi connectivity index (χ2v) is 8.93. The van der Waals surface area contributed by atoms with Crippen molar-refractivity contribution < 1.29 is 19.1 Å². The molecular formula is C26H25N3O4. The third-order valence-corrected chi connectivity index (χ3v) is 7.14. The normalized spacial score (nSPS) is 27.4. The van der Waals surface area contributed by atoms with Crippen molar-refractivity contribution >= 4 is 28.4 Å². The SMILES string of the molecule is COc1cccc(N2C[C@]34C=C[C@@H](O3)C(C(=O)NCCc3c[nH]c5ccccc35)C4C2=O)c1. The maximum atomic E-state index is 13.5. The van der Waals surface area contributed by atoms with Gasteiger partial charge in [-0.2, -0.15) is 0 Å². The lowest BCUT2D eigenvalue weighted by molar-refractivity contribution is -0.131. The molecule has 168 valence electrons. The number of benzene rings is 2. The summed E-state index contributed by atoms with van der Waals surface area (Å²) in [6.07, 6.45) is 6.24. The van der Waals surface area contributed by atoms with Crippen molar-refractivity contribution in [3.8, 4) is 5.75 Å². The molecular weight excluding hydrogens is 418 g/mol. The van der Waals surface area contributed by atoms with Crippen molar-refractivity contribution in [3.05, 3.63) is 72.4 Å². The number of carbonyl (C=O) groups excluding carboxylic acids is 2. The number of para-hydroxylation sites is 1. The van der Waals surface area contributed by atoms with Crippen LogP contribution in [-0.4, -0.2) is 48.7 Å². The molecule has 3 aliphatic rings. The van der Waals surface area contributed by atoms with E-state index in [9.17, 15) is 9.59 Å². The zero-order valence-corrected chi connectivity index (χ0v) is 18.3. The Hall–Kier alpha value is -3.58. The Balaban J connectivity index is 1.18. The van der Waals surface area contributed by atoms with E-state index >= 15 is 0 Å². The third kappa shape index (κ3) is 3.07. The van der Waals surface area contributed by atoms with E-state index in [1.807, 2.05) is 60.8 Å². The number of aromatic amines is 1. The fourth-order valence-electron chi connectivity index (χ4n) is 5.57. The molecule has 2 N–H and O–H groups in total. The average Bonchev–Trinajstić information content (AvgIpc) is 3.59. The lowest BCUT2D eigenvalue weighted by Gasteiger charge is -2.23. The van der Waals surface area contributed by atoms with Gasteiger partial charge in [0.25, 0.3) is 0 Å². The average molecular weight is 444 g/mol. The summed E-state index contributed by atoms with van der Waals surface area (Å²) in [5, 5.41) is 4.22. The van der Waals surface area contributed by atoms with Crippen molar-refractivity contribution in [2.24, 2.45) is 11.8 Å². The van der Waals surface area contributed by atoms with Gasteiger partial charge in [0.1, 0.15) is 11.4 Å². The maximum Gasteiger partial charge on any atom is 0.234 e. The molecule has 1 aromatic heterocycles. The first-order valence-corrected chi connectivity index (χ1v) is 11.2. The molecule has 0 radical (unpaired) electrons. The second kappa shape index (κ2) is 7.49. The van der Waals surface area contributed by atoms with Crippen molar-refractivity contribution in [1.82, 2.24) is 10.3 Å². The molecule has 0 aliphatic carbocycles. The van der Waals surface area contributed by atoms with Gasteiger partial charge in [-0.15, -0.1) is 0 Å².